The summed E-state index contributed by atoms with van der Waals surface area (Å²) in [5.41, 5.74) is 10.1. The molecular weight excluding hydrogens is 252 g/mol. The number of nitrogens with zero attached hydrogens (tertiary/aromatic N) is 1. The van der Waals surface area contributed by atoms with Crippen LogP contribution in [0.4, 0.5) is 5.69 Å². The molecule has 0 atom stereocenters. The molecule has 19 heavy (non-hydrogen) atoms. The number of thiazole rings is 1. The Morgan fingerprint density at radius 2 is 1.95 bits per heavy atom. The van der Waals surface area contributed by atoms with Crippen LogP contribution in [0.3, 0.4) is 0 Å². The van der Waals surface area contributed by atoms with Crippen molar-refractivity contribution in [3.8, 4) is 10.6 Å². The van der Waals surface area contributed by atoms with Crippen molar-refractivity contribution >= 4 is 27.2 Å². The summed E-state index contributed by atoms with van der Waals surface area (Å²) in [6.07, 6.45) is 0. The zero-order valence-electron chi connectivity index (χ0n) is 11.1. The van der Waals surface area contributed by atoms with Crippen LogP contribution in [0.15, 0.2) is 42.5 Å². The first-order valence-corrected chi connectivity index (χ1v) is 7.21. The van der Waals surface area contributed by atoms with Gasteiger partial charge in [-0.2, -0.15) is 0 Å². The predicted octanol–water partition coefficient (Wildman–Crippen LogP) is 4.67. The van der Waals surface area contributed by atoms with Gasteiger partial charge in [0.25, 0.3) is 0 Å². The average molecular weight is 268 g/mol. The minimum Gasteiger partial charge on any atom is -0.399 e. The lowest BCUT2D eigenvalue weighted by Crippen LogP contribution is -1.85. The first-order valence-electron chi connectivity index (χ1n) is 6.40. The molecule has 2 nitrogen and oxygen atoms in total. The third kappa shape index (κ3) is 2.34. The Morgan fingerprint density at radius 1 is 1.11 bits per heavy atom. The molecule has 1 heterocycles. The second-order valence-corrected chi connectivity index (χ2v) is 6.06. The smallest absolute Gasteiger partial charge is 0.124 e. The van der Waals surface area contributed by atoms with Crippen molar-refractivity contribution in [2.45, 2.75) is 19.8 Å². The third-order valence-corrected chi connectivity index (χ3v) is 4.28. The monoisotopic (exact) mass is 268 g/mol. The fraction of sp³-hybridized carbons (Fsp3) is 0.188. The van der Waals surface area contributed by atoms with Gasteiger partial charge in [-0.3, -0.25) is 0 Å². The van der Waals surface area contributed by atoms with E-state index in [0.717, 1.165) is 21.8 Å². The van der Waals surface area contributed by atoms with Crippen molar-refractivity contribution in [3.63, 3.8) is 0 Å². The normalized spacial score (nSPS) is 11.3. The van der Waals surface area contributed by atoms with Gasteiger partial charge in [0.1, 0.15) is 5.01 Å². The quantitative estimate of drug-likeness (QED) is 0.686. The lowest BCUT2D eigenvalue weighted by Gasteiger charge is -2.03. The van der Waals surface area contributed by atoms with E-state index in [1.807, 2.05) is 18.2 Å². The third-order valence-electron chi connectivity index (χ3n) is 3.21. The van der Waals surface area contributed by atoms with E-state index in [9.17, 15) is 0 Å². The van der Waals surface area contributed by atoms with E-state index in [2.05, 4.69) is 43.1 Å². The Bertz CT molecular complexity index is 728. The van der Waals surface area contributed by atoms with Gasteiger partial charge in [0, 0.05) is 11.3 Å². The van der Waals surface area contributed by atoms with Crippen LogP contribution in [0.5, 0.6) is 0 Å². The van der Waals surface area contributed by atoms with Gasteiger partial charge in [-0.25, -0.2) is 4.98 Å². The van der Waals surface area contributed by atoms with E-state index < -0.39 is 0 Å². The van der Waals surface area contributed by atoms with Gasteiger partial charge in [0.2, 0.25) is 0 Å². The maximum atomic E-state index is 5.83. The number of nitrogens with two attached hydrogens (primary N) is 1. The largest absolute Gasteiger partial charge is 0.399 e. The summed E-state index contributed by atoms with van der Waals surface area (Å²) in [5.74, 6) is 0.544. The highest BCUT2D eigenvalue weighted by Crippen LogP contribution is 2.32. The zero-order chi connectivity index (χ0) is 13.4. The summed E-state index contributed by atoms with van der Waals surface area (Å²) >= 11 is 1.72. The molecule has 0 bridgehead atoms. The molecule has 1 aromatic heterocycles. The molecule has 0 spiro atoms. The first kappa shape index (κ1) is 12.2. The van der Waals surface area contributed by atoms with Gasteiger partial charge in [-0.1, -0.05) is 32.0 Å². The summed E-state index contributed by atoms with van der Waals surface area (Å²) in [4.78, 5) is 4.69. The van der Waals surface area contributed by atoms with Gasteiger partial charge < -0.3 is 5.73 Å². The van der Waals surface area contributed by atoms with E-state index in [1.54, 1.807) is 11.3 Å². The fourth-order valence-electron chi connectivity index (χ4n) is 2.10. The highest BCUT2D eigenvalue weighted by atomic mass is 32.1. The Morgan fingerprint density at radius 3 is 2.68 bits per heavy atom. The molecule has 2 N–H and O–H groups in total. The molecule has 0 amide bonds. The molecule has 0 aliphatic rings. The molecule has 3 rings (SSSR count). The van der Waals surface area contributed by atoms with Crippen LogP contribution in [0.1, 0.15) is 25.3 Å². The van der Waals surface area contributed by atoms with Crippen molar-refractivity contribution < 1.29 is 0 Å². The zero-order valence-corrected chi connectivity index (χ0v) is 11.9. The van der Waals surface area contributed by atoms with Crippen LogP contribution in [-0.4, -0.2) is 4.98 Å². The molecule has 0 fully saturated rings. The maximum Gasteiger partial charge on any atom is 0.124 e. The van der Waals surface area contributed by atoms with Crippen LogP contribution in [-0.2, 0) is 0 Å². The molecule has 3 heteroatoms. The van der Waals surface area contributed by atoms with Gasteiger partial charge in [-0.05, 0) is 35.7 Å². The average Bonchev–Trinajstić information content (AvgIpc) is 2.81. The second kappa shape index (κ2) is 4.67. The van der Waals surface area contributed by atoms with Gasteiger partial charge in [0.05, 0.1) is 10.2 Å². The molecular formula is C16H16N2S. The van der Waals surface area contributed by atoms with Crippen molar-refractivity contribution in [1.29, 1.82) is 0 Å². The van der Waals surface area contributed by atoms with Crippen molar-refractivity contribution in [1.82, 2.24) is 4.98 Å². The lowest BCUT2D eigenvalue weighted by molar-refractivity contribution is 0.869. The topological polar surface area (TPSA) is 38.9 Å². The lowest BCUT2D eigenvalue weighted by atomic mass is 10.0. The second-order valence-electron chi connectivity index (χ2n) is 5.03. The summed E-state index contributed by atoms with van der Waals surface area (Å²) in [7, 11) is 0. The maximum absolute atomic E-state index is 5.83. The van der Waals surface area contributed by atoms with Gasteiger partial charge in [-0.15, -0.1) is 11.3 Å². The number of nitrogen functional groups attached to an aromatic ring is 1. The Balaban J connectivity index is 2.11. The highest BCUT2D eigenvalue weighted by molar-refractivity contribution is 7.21. The predicted molar refractivity (Wildman–Crippen MR) is 83.6 cm³/mol. The van der Waals surface area contributed by atoms with Gasteiger partial charge >= 0.3 is 0 Å². The molecule has 2 aromatic carbocycles. The minimum atomic E-state index is 0.544. The Labute approximate surface area is 116 Å². The molecule has 96 valence electrons. The standard InChI is InChI=1S/C16H16N2S/c1-10(2)11-6-7-14-15(9-11)19-16(18-14)12-4-3-5-13(17)8-12/h3-10H,17H2,1-2H3. The summed E-state index contributed by atoms with van der Waals surface area (Å²) in [5, 5.41) is 1.03. The molecule has 3 aromatic rings. The van der Waals surface area contributed by atoms with Crippen molar-refractivity contribution in [3.05, 3.63) is 48.0 Å². The van der Waals surface area contributed by atoms with Crippen molar-refractivity contribution in [2.75, 3.05) is 5.73 Å². The Kier molecular flexibility index (Phi) is 2.99. The van der Waals surface area contributed by atoms with Crippen LogP contribution >= 0.6 is 11.3 Å². The number of anilines is 1. The number of aromatic nitrogens is 1. The fourth-order valence-corrected chi connectivity index (χ4v) is 3.11. The van der Waals surface area contributed by atoms with E-state index in [1.165, 1.54) is 10.3 Å². The molecule has 0 aliphatic carbocycles. The minimum absolute atomic E-state index is 0.544. The van der Waals surface area contributed by atoms with Crippen LogP contribution in [0, 0.1) is 0 Å². The Hall–Kier alpha value is -1.87. The van der Waals surface area contributed by atoms with Crippen LogP contribution in [0.2, 0.25) is 0 Å². The van der Waals surface area contributed by atoms with E-state index in [0.29, 0.717) is 5.92 Å². The first-order chi connectivity index (χ1) is 9.13. The number of hydrogen-bond donors (Lipinski definition) is 1. The van der Waals surface area contributed by atoms with Crippen LogP contribution < -0.4 is 5.73 Å². The van der Waals surface area contributed by atoms with E-state index in [4.69, 9.17) is 5.73 Å². The van der Waals surface area contributed by atoms with Crippen LogP contribution in [0.25, 0.3) is 20.8 Å². The molecule has 0 aliphatic heterocycles. The molecule has 0 radical (unpaired) electrons. The molecule has 0 unspecified atom stereocenters. The number of benzene rings is 2. The summed E-state index contributed by atoms with van der Waals surface area (Å²) in [6.45, 7) is 4.42. The SMILES string of the molecule is CC(C)c1ccc2nc(-c3cccc(N)c3)sc2c1. The van der Waals surface area contributed by atoms with Gasteiger partial charge in [0.15, 0.2) is 0 Å². The molecule has 0 saturated heterocycles. The number of hydrogen-bond acceptors (Lipinski definition) is 3. The number of fused-ring (bicyclic) bond motifs is 1. The van der Waals surface area contributed by atoms with E-state index in [-0.39, 0.29) is 0 Å². The number of rotatable bonds is 2. The molecule has 0 saturated carbocycles. The highest BCUT2D eigenvalue weighted by Gasteiger charge is 2.08. The summed E-state index contributed by atoms with van der Waals surface area (Å²) < 4.78 is 1.24. The van der Waals surface area contributed by atoms with Crippen molar-refractivity contribution in [2.24, 2.45) is 0 Å². The van der Waals surface area contributed by atoms with E-state index >= 15 is 0 Å². The summed E-state index contributed by atoms with van der Waals surface area (Å²) in [6, 6.07) is 14.4.